The molecular formula is C14H23NO. The van der Waals surface area contributed by atoms with Gasteiger partial charge in [0.15, 0.2) is 0 Å². The van der Waals surface area contributed by atoms with Crippen molar-refractivity contribution in [1.82, 2.24) is 0 Å². The molecule has 90 valence electrons. The zero-order valence-corrected chi connectivity index (χ0v) is 10.4. The van der Waals surface area contributed by atoms with E-state index in [-0.39, 0.29) is 12.1 Å². The molecule has 0 radical (unpaired) electrons. The Morgan fingerprint density at radius 3 is 2.44 bits per heavy atom. The van der Waals surface area contributed by atoms with Gasteiger partial charge in [-0.25, -0.2) is 0 Å². The molecule has 1 aromatic carbocycles. The maximum atomic E-state index is 6.20. The highest BCUT2D eigenvalue weighted by molar-refractivity contribution is 5.19. The highest BCUT2D eigenvalue weighted by atomic mass is 16.5. The Hall–Kier alpha value is -0.860. The van der Waals surface area contributed by atoms with Crippen LogP contribution in [0.1, 0.15) is 44.8 Å². The van der Waals surface area contributed by atoms with Gasteiger partial charge in [-0.1, -0.05) is 50.1 Å². The van der Waals surface area contributed by atoms with Gasteiger partial charge in [0.2, 0.25) is 0 Å². The lowest BCUT2D eigenvalue weighted by atomic mass is 9.98. The summed E-state index contributed by atoms with van der Waals surface area (Å²) in [6.45, 7) is 4.91. The molecule has 1 aromatic rings. The van der Waals surface area contributed by atoms with Gasteiger partial charge in [0, 0.05) is 12.6 Å². The minimum atomic E-state index is 0.0396. The van der Waals surface area contributed by atoms with Crippen LogP contribution in [0.3, 0.4) is 0 Å². The Balaban J connectivity index is 2.66. The first-order valence-corrected chi connectivity index (χ1v) is 6.21. The van der Waals surface area contributed by atoms with Crippen molar-refractivity contribution in [3.05, 3.63) is 35.9 Å². The molecule has 0 saturated carbocycles. The van der Waals surface area contributed by atoms with Crippen LogP contribution >= 0.6 is 0 Å². The molecular weight excluding hydrogens is 198 g/mol. The third-order valence-electron chi connectivity index (χ3n) is 2.75. The van der Waals surface area contributed by atoms with Crippen LogP contribution in [0.5, 0.6) is 0 Å². The SMILES string of the molecule is CCCCC(N)C(OCC)c1ccccc1. The van der Waals surface area contributed by atoms with Crippen molar-refractivity contribution in [3.8, 4) is 0 Å². The van der Waals surface area contributed by atoms with E-state index in [1.54, 1.807) is 0 Å². The Kier molecular flexibility index (Phi) is 6.12. The average molecular weight is 221 g/mol. The highest BCUT2D eigenvalue weighted by Crippen LogP contribution is 2.22. The van der Waals surface area contributed by atoms with Crippen molar-refractivity contribution in [1.29, 1.82) is 0 Å². The van der Waals surface area contributed by atoms with Crippen LogP contribution < -0.4 is 5.73 Å². The van der Waals surface area contributed by atoms with E-state index in [1.807, 2.05) is 25.1 Å². The molecule has 2 unspecified atom stereocenters. The minimum Gasteiger partial charge on any atom is -0.372 e. The van der Waals surface area contributed by atoms with Crippen molar-refractivity contribution in [2.75, 3.05) is 6.61 Å². The zero-order chi connectivity index (χ0) is 11.8. The molecule has 0 saturated heterocycles. The van der Waals surface area contributed by atoms with Crippen LogP contribution in [0.4, 0.5) is 0 Å². The van der Waals surface area contributed by atoms with E-state index < -0.39 is 0 Å². The van der Waals surface area contributed by atoms with E-state index in [0.717, 1.165) is 12.8 Å². The van der Waals surface area contributed by atoms with Gasteiger partial charge in [0.1, 0.15) is 0 Å². The molecule has 0 spiro atoms. The van der Waals surface area contributed by atoms with Crippen molar-refractivity contribution in [3.63, 3.8) is 0 Å². The highest BCUT2D eigenvalue weighted by Gasteiger charge is 2.19. The molecule has 0 aliphatic heterocycles. The number of hydrogen-bond donors (Lipinski definition) is 1. The van der Waals surface area contributed by atoms with Crippen molar-refractivity contribution in [2.45, 2.75) is 45.3 Å². The number of benzene rings is 1. The molecule has 0 aliphatic carbocycles. The molecule has 0 aromatic heterocycles. The Morgan fingerprint density at radius 1 is 1.19 bits per heavy atom. The van der Waals surface area contributed by atoms with E-state index in [9.17, 15) is 0 Å². The second-order valence-corrected chi connectivity index (χ2v) is 4.09. The topological polar surface area (TPSA) is 35.2 Å². The summed E-state index contributed by atoms with van der Waals surface area (Å²) in [6, 6.07) is 10.4. The monoisotopic (exact) mass is 221 g/mol. The summed E-state index contributed by atoms with van der Waals surface area (Å²) < 4.78 is 5.76. The van der Waals surface area contributed by atoms with Crippen LogP contribution in [-0.2, 0) is 4.74 Å². The molecule has 2 nitrogen and oxygen atoms in total. The largest absolute Gasteiger partial charge is 0.372 e. The predicted octanol–water partition coefficient (Wildman–Crippen LogP) is 3.28. The van der Waals surface area contributed by atoms with Crippen LogP contribution in [0.2, 0.25) is 0 Å². The number of nitrogens with two attached hydrogens (primary N) is 1. The van der Waals surface area contributed by atoms with Gasteiger partial charge in [0.25, 0.3) is 0 Å². The maximum absolute atomic E-state index is 6.20. The van der Waals surface area contributed by atoms with E-state index in [2.05, 4.69) is 19.1 Å². The normalized spacial score (nSPS) is 14.7. The fraction of sp³-hybridized carbons (Fsp3) is 0.571. The summed E-state index contributed by atoms with van der Waals surface area (Å²) in [5, 5.41) is 0. The lowest BCUT2D eigenvalue weighted by Gasteiger charge is -2.24. The van der Waals surface area contributed by atoms with E-state index in [0.29, 0.717) is 6.61 Å². The minimum absolute atomic E-state index is 0.0396. The van der Waals surface area contributed by atoms with Crippen LogP contribution in [0, 0.1) is 0 Å². The van der Waals surface area contributed by atoms with Gasteiger partial charge >= 0.3 is 0 Å². The second kappa shape index (κ2) is 7.42. The summed E-state index contributed by atoms with van der Waals surface area (Å²) in [4.78, 5) is 0. The molecule has 0 heterocycles. The van der Waals surface area contributed by atoms with E-state index >= 15 is 0 Å². The van der Waals surface area contributed by atoms with Gasteiger partial charge in [-0.05, 0) is 18.9 Å². The van der Waals surface area contributed by atoms with Gasteiger partial charge in [-0.2, -0.15) is 0 Å². The summed E-state index contributed by atoms with van der Waals surface area (Å²) in [6.07, 6.45) is 3.41. The smallest absolute Gasteiger partial charge is 0.0975 e. The number of ether oxygens (including phenoxy) is 1. The second-order valence-electron chi connectivity index (χ2n) is 4.09. The van der Waals surface area contributed by atoms with Crippen LogP contribution in [0.25, 0.3) is 0 Å². The molecule has 0 amide bonds. The summed E-state index contributed by atoms with van der Waals surface area (Å²) in [5.41, 5.74) is 7.39. The molecule has 0 aliphatic rings. The van der Waals surface area contributed by atoms with E-state index in [1.165, 1.54) is 12.0 Å². The molecule has 0 bridgehead atoms. The molecule has 0 fully saturated rings. The summed E-state index contributed by atoms with van der Waals surface area (Å²) >= 11 is 0. The zero-order valence-electron chi connectivity index (χ0n) is 10.4. The van der Waals surface area contributed by atoms with Gasteiger partial charge in [0.05, 0.1) is 6.10 Å². The first-order chi connectivity index (χ1) is 7.79. The van der Waals surface area contributed by atoms with Gasteiger partial charge in [-0.15, -0.1) is 0 Å². The maximum Gasteiger partial charge on any atom is 0.0975 e. The summed E-state index contributed by atoms with van der Waals surface area (Å²) in [7, 11) is 0. The first kappa shape index (κ1) is 13.2. The fourth-order valence-electron chi connectivity index (χ4n) is 1.88. The molecule has 16 heavy (non-hydrogen) atoms. The van der Waals surface area contributed by atoms with Gasteiger partial charge < -0.3 is 10.5 Å². The van der Waals surface area contributed by atoms with Crippen molar-refractivity contribution in [2.24, 2.45) is 5.73 Å². The quantitative estimate of drug-likeness (QED) is 0.767. The Labute approximate surface area is 98.8 Å². The predicted molar refractivity (Wildman–Crippen MR) is 68.3 cm³/mol. The van der Waals surface area contributed by atoms with Gasteiger partial charge in [-0.3, -0.25) is 0 Å². The van der Waals surface area contributed by atoms with Crippen LogP contribution in [-0.4, -0.2) is 12.6 Å². The van der Waals surface area contributed by atoms with Crippen LogP contribution in [0.15, 0.2) is 30.3 Å². The summed E-state index contributed by atoms with van der Waals surface area (Å²) in [5.74, 6) is 0. The lowest BCUT2D eigenvalue weighted by Crippen LogP contribution is -2.30. The average Bonchev–Trinajstić information content (AvgIpc) is 2.34. The Morgan fingerprint density at radius 2 is 1.88 bits per heavy atom. The molecule has 1 rings (SSSR count). The molecule has 2 heteroatoms. The Bertz CT molecular complexity index is 273. The van der Waals surface area contributed by atoms with Crippen molar-refractivity contribution < 1.29 is 4.74 Å². The van der Waals surface area contributed by atoms with Crippen molar-refractivity contribution >= 4 is 0 Å². The van der Waals surface area contributed by atoms with E-state index in [4.69, 9.17) is 10.5 Å². The fourth-order valence-corrected chi connectivity index (χ4v) is 1.88. The standard InChI is InChI=1S/C14H23NO/c1-3-5-11-13(15)14(16-4-2)12-9-7-6-8-10-12/h6-10,13-14H,3-5,11,15H2,1-2H3. The molecule has 2 N–H and O–H groups in total. The molecule has 2 atom stereocenters. The number of rotatable bonds is 7. The first-order valence-electron chi connectivity index (χ1n) is 6.21. The third-order valence-corrected chi connectivity index (χ3v) is 2.75. The lowest BCUT2D eigenvalue weighted by molar-refractivity contribution is 0.0407. The number of unbranched alkanes of at least 4 members (excludes halogenated alkanes) is 1. The third kappa shape index (κ3) is 3.95. The number of hydrogen-bond acceptors (Lipinski definition) is 2.